The van der Waals surface area contributed by atoms with E-state index in [0.29, 0.717) is 11.4 Å². The van der Waals surface area contributed by atoms with Gasteiger partial charge in [0.1, 0.15) is 12.0 Å². The van der Waals surface area contributed by atoms with E-state index < -0.39 is 0 Å². The minimum Gasteiger partial charge on any atom is -0.350 e. The maximum Gasteiger partial charge on any atom is 0.281 e. The van der Waals surface area contributed by atoms with Gasteiger partial charge in [-0.25, -0.2) is 4.98 Å². The Kier molecular flexibility index (Phi) is 3.51. The second-order valence-corrected chi connectivity index (χ2v) is 4.71. The summed E-state index contributed by atoms with van der Waals surface area (Å²) < 4.78 is 1.54. The number of para-hydroxylation sites is 2. The van der Waals surface area contributed by atoms with Gasteiger partial charge < -0.3 is 5.32 Å². The van der Waals surface area contributed by atoms with Gasteiger partial charge in [0.05, 0.1) is 11.4 Å². The largest absolute Gasteiger partial charge is 0.350 e. The summed E-state index contributed by atoms with van der Waals surface area (Å²) in [5.41, 5.74) is 2.72. The molecule has 0 unspecified atom stereocenters. The Bertz CT molecular complexity index is 795. The Morgan fingerprint density at radius 3 is 2.24 bits per heavy atom. The van der Waals surface area contributed by atoms with Gasteiger partial charge in [0, 0.05) is 5.69 Å². The molecule has 0 bridgehead atoms. The summed E-state index contributed by atoms with van der Waals surface area (Å²) in [5.74, 6) is 0. The molecule has 4 nitrogen and oxygen atoms in total. The second-order valence-electron chi connectivity index (χ2n) is 4.71. The first-order valence-electron chi connectivity index (χ1n) is 6.71. The SMILES string of the molecule is Cc1ncn(-c2ccccc2)c(=O)c1Nc1ccccc1. The molecule has 0 saturated heterocycles. The summed E-state index contributed by atoms with van der Waals surface area (Å²) in [7, 11) is 0. The van der Waals surface area contributed by atoms with Crippen molar-refractivity contribution in [1.29, 1.82) is 0 Å². The number of nitrogens with one attached hydrogen (secondary N) is 1. The lowest BCUT2D eigenvalue weighted by atomic mass is 10.2. The third-order valence-corrected chi connectivity index (χ3v) is 3.24. The molecule has 0 spiro atoms. The number of aryl methyl sites for hydroxylation is 1. The van der Waals surface area contributed by atoms with Crippen molar-refractivity contribution in [2.45, 2.75) is 6.92 Å². The summed E-state index contributed by atoms with van der Waals surface area (Å²) in [4.78, 5) is 17.0. The van der Waals surface area contributed by atoms with E-state index in [1.54, 1.807) is 6.33 Å². The fourth-order valence-corrected chi connectivity index (χ4v) is 2.12. The number of rotatable bonds is 3. The maximum atomic E-state index is 12.7. The first-order chi connectivity index (χ1) is 10.3. The van der Waals surface area contributed by atoms with E-state index in [-0.39, 0.29) is 5.56 Å². The van der Waals surface area contributed by atoms with Crippen LogP contribution in [0.4, 0.5) is 11.4 Å². The Morgan fingerprint density at radius 1 is 0.952 bits per heavy atom. The summed E-state index contributed by atoms with van der Waals surface area (Å²) in [6.07, 6.45) is 1.56. The monoisotopic (exact) mass is 277 g/mol. The van der Waals surface area contributed by atoms with Crippen molar-refractivity contribution < 1.29 is 0 Å². The molecule has 1 N–H and O–H groups in total. The molecule has 0 aliphatic heterocycles. The van der Waals surface area contributed by atoms with Crippen LogP contribution in [0.3, 0.4) is 0 Å². The van der Waals surface area contributed by atoms with E-state index >= 15 is 0 Å². The molecule has 0 radical (unpaired) electrons. The van der Waals surface area contributed by atoms with Gasteiger partial charge in [-0.2, -0.15) is 0 Å². The molecule has 0 saturated carbocycles. The van der Waals surface area contributed by atoms with E-state index in [9.17, 15) is 4.79 Å². The zero-order valence-corrected chi connectivity index (χ0v) is 11.7. The predicted octanol–water partition coefficient (Wildman–Crippen LogP) is 3.28. The molecule has 104 valence electrons. The quantitative estimate of drug-likeness (QED) is 0.799. The highest BCUT2D eigenvalue weighted by Gasteiger charge is 2.09. The molecule has 0 atom stereocenters. The third-order valence-electron chi connectivity index (χ3n) is 3.24. The van der Waals surface area contributed by atoms with Crippen molar-refractivity contribution in [2.75, 3.05) is 5.32 Å². The molecule has 0 fully saturated rings. The highest BCUT2D eigenvalue weighted by molar-refractivity contribution is 5.60. The van der Waals surface area contributed by atoms with Gasteiger partial charge in [-0.3, -0.25) is 9.36 Å². The van der Waals surface area contributed by atoms with Gasteiger partial charge in [-0.05, 0) is 31.2 Å². The van der Waals surface area contributed by atoms with Crippen LogP contribution in [0, 0.1) is 6.92 Å². The first-order valence-corrected chi connectivity index (χ1v) is 6.71. The maximum absolute atomic E-state index is 12.7. The number of benzene rings is 2. The lowest BCUT2D eigenvalue weighted by Gasteiger charge is -2.11. The highest BCUT2D eigenvalue weighted by atomic mass is 16.1. The first kappa shape index (κ1) is 13.1. The van der Waals surface area contributed by atoms with Crippen molar-refractivity contribution in [2.24, 2.45) is 0 Å². The average molecular weight is 277 g/mol. The zero-order valence-electron chi connectivity index (χ0n) is 11.7. The molecule has 21 heavy (non-hydrogen) atoms. The molecular weight excluding hydrogens is 262 g/mol. The average Bonchev–Trinajstić information content (AvgIpc) is 2.53. The van der Waals surface area contributed by atoms with Crippen molar-refractivity contribution in [3.63, 3.8) is 0 Å². The van der Waals surface area contributed by atoms with Crippen LogP contribution in [-0.4, -0.2) is 9.55 Å². The smallest absolute Gasteiger partial charge is 0.281 e. The van der Waals surface area contributed by atoms with Crippen LogP contribution < -0.4 is 10.9 Å². The van der Waals surface area contributed by atoms with Crippen molar-refractivity contribution in [3.05, 3.63) is 83.0 Å². The van der Waals surface area contributed by atoms with Gasteiger partial charge in [-0.15, -0.1) is 0 Å². The fraction of sp³-hybridized carbons (Fsp3) is 0.0588. The molecule has 0 aliphatic rings. The van der Waals surface area contributed by atoms with Gasteiger partial charge in [-0.1, -0.05) is 36.4 Å². The molecule has 0 aliphatic carbocycles. The third kappa shape index (κ3) is 2.69. The van der Waals surface area contributed by atoms with Gasteiger partial charge in [0.15, 0.2) is 0 Å². The Morgan fingerprint density at radius 2 is 1.57 bits per heavy atom. The van der Waals surface area contributed by atoms with Crippen molar-refractivity contribution in [3.8, 4) is 5.69 Å². The minimum atomic E-state index is -0.113. The standard InChI is InChI=1S/C17H15N3O/c1-13-16(19-14-8-4-2-5-9-14)17(21)20(12-18-13)15-10-6-3-7-11-15/h2-12,19H,1H3. The van der Waals surface area contributed by atoms with E-state index in [1.165, 1.54) is 4.57 Å². The fourth-order valence-electron chi connectivity index (χ4n) is 2.12. The minimum absolute atomic E-state index is 0.113. The Hall–Kier alpha value is -2.88. The Balaban J connectivity index is 2.07. The molecular formula is C17H15N3O. The number of anilines is 2. The van der Waals surface area contributed by atoms with Crippen LogP contribution in [0.1, 0.15) is 5.69 Å². The molecule has 4 heteroatoms. The highest BCUT2D eigenvalue weighted by Crippen LogP contribution is 2.15. The summed E-state index contributed by atoms with van der Waals surface area (Å²) in [6, 6.07) is 19.1. The molecule has 0 amide bonds. The Labute approximate surface area is 122 Å². The summed E-state index contributed by atoms with van der Waals surface area (Å²) in [5, 5.41) is 3.15. The van der Waals surface area contributed by atoms with Gasteiger partial charge in [0.25, 0.3) is 5.56 Å². The lowest BCUT2D eigenvalue weighted by molar-refractivity contribution is 0.920. The molecule has 2 aromatic carbocycles. The van der Waals surface area contributed by atoms with Gasteiger partial charge in [0.2, 0.25) is 0 Å². The van der Waals surface area contributed by atoms with Gasteiger partial charge >= 0.3 is 0 Å². The van der Waals surface area contributed by atoms with Crippen molar-refractivity contribution >= 4 is 11.4 Å². The van der Waals surface area contributed by atoms with Crippen LogP contribution in [0.2, 0.25) is 0 Å². The van der Waals surface area contributed by atoms with E-state index in [2.05, 4.69) is 10.3 Å². The van der Waals surface area contributed by atoms with E-state index in [4.69, 9.17) is 0 Å². The molecule has 3 rings (SSSR count). The molecule has 1 heterocycles. The van der Waals surface area contributed by atoms with Crippen molar-refractivity contribution in [1.82, 2.24) is 9.55 Å². The number of hydrogen-bond acceptors (Lipinski definition) is 3. The molecule has 3 aromatic rings. The number of nitrogens with zero attached hydrogens (tertiary/aromatic N) is 2. The normalized spacial score (nSPS) is 10.3. The summed E-state index contributed by atoms with van der Waals surface area (Å²) >= 11 is 0. The summed E-state index contributed by atoms with van der Waals surface area (Å²) in [6.45, 7) is 1.82. The van der Waals surface area contributed by atoms with Crippen LogP contribution in [0.15, 0.2) is 71.8 Å². The van der Waals surface area contributed by atoms with Crippen LogP contribution in [0.25, 0.3) is 5.69 Å². The van der Waals surface area contributed by atoms with E-state index in [0.717, 1.165) is 11.4 Å². The van der Waals surface area contributed by atoms with Crippen LogP contribution in [-0.2, 0) is 0 Å². The van der Waals surface area contributed by atoms with Crippen LogP contribution in [0.5, 0.6) is 0 Å². The zero-order chi connectivity index (χ0) is 14.7. The molecule has 1 aromatic heterocycles. The predicted molar refractivity (Wildman–Crippen MR) is 84.3 cm³/mol. The second kappa shape index (κ2) is 5.63. The van der Waals surface area contributed by atoms with E-state index in [1.807, 2.05) is 67.6 Å². The lowest BCUT2D eigenvalue weighted by Crippen LogP contribution is -2.22. The number of hydrogen-bond donors (Lipinski definition) is 1. The number of aromatic nitrogens is 2. The topological polar surface area (TPSA) is 46.9 Å². The van der Waals surface area contributed by atoms with Crippen LogP contribution >= 0.6 is 0 Å².